The summed E-state index contributed by atoms with van der Waals surface area (Å²) in [6.07, 6.45) is 12.7. The monoisotopic (exact) mass is 418 g/mol. The molecule has 7 heteroatoms. The smallest absolute Gasteiger partial charge is 0.317 e. The third-order valence-electron chi connectivity index (χ3n) is 8.31. The summed E-state index contributed by atoms with van der Waals surface area (Å²) in [6.45, 7) is 4.63. The number of nitrogens with one attached hydrogen (secondary N) is 2. The Balaban J connectivity index is 1.26. The number of urea groups is 1. The molecule has 2 spiro atoms. The van der Waals surface area contributed by atoms with E-state index in [1.807, 2.05) is 9.80 Å². The van der Waals surface area contributed by atoms with E-state index >= 15 is 0 Å². The predicted molar refractivity (Wildman–Crippen MR) is 114 cm³/mol. The van der Waals surface area contributed by atoms with Crippen molar-refractivity contribution in [3.8, 4) is 0 Å². The van der Waals surface area contributed by atoms with Crippen LogP contribution in [-0.4, -0.2) is 53.1 Å². The Hall–Kier alpha value is -1.79. The number of likely N-dealkylation sites (tertiary alicyclic amines) is 2. The summed E-state index contributed by atoms with van der Waals surface area (Å²) < 4.78 is 0. The van der Waals surface area contributed by atoms with Gasteiger partial charge in [-0.1, -0.05) is 38.5 Å². The first kappa shape index (κ1) is 21.4. The molecule has 2 saturated carbocycles. The lowest BCUT2D eigenvalue weighted by Gasteiger charge is -2.32. The van der Waals surface area contributed by atoms with Gasteiger partial charge in [-0.15, -0.1) is 0 Å². The third kappa shape index (κ3) is 3.80. The second-order valence-electron chi connectivity index (χ2n) is 10.3. The van der Waals surface area contributed by atoms with Gasteiger partial charge in [0.2, 0.25) is 11.8 Å². The topological polar surface area (TPSA) is 81.8 Å². The van der Waals surface area contributed by atoms with Gasteiger partial charge < -0.3 is 20.4 Å². The fourth-order valence-corrected chi connectivity index (χ4v) is 6.66. The van der Waals surface area contributed by atoms with E-state index in [0.29, 0.717) is 0 Å². The lowest BCUT2D eigenvalue weighted by molar-refractivity contribution is -0.138. The fourth-order valence-electron chi connectivity index (χ4n) is 6.66. The van der Waals surface area contributed by atoms with Gasteiger partial charge in [0.25, 0.3) is 0 Å². The van der Waals surface area contributed by atoms with Gasteiger partial charge in [-0.2, -0.15) is 0 Å². The van der Waals surface area contributed by atoms with E-state index in [1.165, 1.54) is 12.8 Å². The van der Waals surface area contributed by atoms with E-state index in [4.69, 9.17) is 0 Å². The summed E-state index contributed by atoms with van der Waals surface area (Å²) in [5, 5.41) is 5.70. The molecule has 2 N–H and O–H groups in total. The Bertz CT molecular complexity index is 626. The molecule has 0 radical (unpaired) electrons. The molecular weight excluding hydrogens is 380 g/mol. The number of rotatable bonds is 4. The second-order valence-corrected chi connectivity index (χ2v) is 10.3. The average Bonchev–Trinajstić information content (AvgIpc) is 3.09. The summed E-state index contributed by atoms with van der Waals surface area (Å²) in [4.78, 5) is 42.1. The van der Waals surface area contributed by atoms with Crippen molar-refractivity contribution in [2.24, 2.45) is 10.8 Å². The van der Waals surface area contributed by atoms with Crippen LogP contribution in [0.4, 0.5) is 4.79 Å². The molecular formula is C23H38N4O3. The number of carbonyl (C=O) groups excluding carboxylic acids is 3. The molecule has 4 rings (SSSR count). The molecule has 2 heterocycles. The molecule has 4 amide bonds. The highest BCUT2D eigenvalue weighted by molar-refractivity contribution is 5.87. The standard InChI is InChI=1S/C23H38N4O3/c1-17-13-22(9-5-3-6-10-22)19(28)26(17)15-24-21(30)25-16-27-18(2)14-23(20(27)29)11-7-4-8-12-23/h17-18H,3-16H2,1-2H3,(H2,24,25,30). The average molecular weight is 419 g/mol. The van der Waals surface area contributed by atoms with Crippen LogP contribution in [0.1, 0.15) is 90.9 Å². The molecule has 2 unspecified atom stereocenters. The number of hydrogen-bond acceptors (Lipinski definition) is 3. The molecule has 0 aromatic rings. The number of amides is 4. The van der Waals surface area contributed by atoms with E-state index in [0.717, 1.165) is 64.2 Å². The van der Waals surface area contributed by atoms with Crippen LogP contribution in [-0.2, 0) is 9.59 Å². The van der Waals surface area contributed by atoms with Crippen LogP contribution in [0, 0.1) is 10.8 Å². The maximum atomic E-state index is 13.0. The second kappa shape index (κ2) is 8.39. The van der Waals surface area contributed by atoms with Gasteiger partial charge in [0.1, 0.15) is 0 Å². The molecule has 2 aliphatic heterocycles. The van der Waals surface area contributed by atoms with Crippen molar-refractivity contribution >= 4 is 17.8 Å². The molecule has 4 fully saturated rings. The van der Waals surface area contributed by atoms with Crippen LogP contribution in [0.3, 0.4) is 0 Å². The van der Waals surface area contributed by atoms with Crippen LogP contribution in [0.2, 0.25) is 0 Å². The van der Waals surface area contributed by atoms with Crippen LogP contribution in [0.15, 0.2) is 0 Å². The molecule has 0 aromatic heterocycles. The Morgan fingerprint density at radius 3 is 1.50 bits per heavy atom. The highest BCUT2D eigenvalue weighted by Gasteiger charge is 2.51. The number of hydrogen-bond donors (Lipinski definition) is 2. The first-order chi connectivity index (χ1) is 14.4. The van der Waals surface area contributed by atoms with E-state index < -0.39 is 0 Å². The van der Waals surface area contributed by atoms with E-state index in [9.17, 15) is 14.4 Å². The molecule has 2 saturated heterocycles. The van der Waals surface area contributed by atoms with Crippen molar-refractivity contribution < 1.29 is 14.4 Å². The maximum absolute atomic E-state index is 13.0. The quantitative estimate of drug-likeness (QED) is 0.735. The SMILES string of the molecule is CC1CC2(CCCCC2)C(=O)N1CNC(=O)NCN1C(=O)C2(CCCCC2)CC1C. The zero-order valence-electron chi connectivity index (χ0n) is 18.7. The first-order valence-corrected chi connectivity index (χ1v) is 12.0. The van der Waals surface area contributed by atoms with Crippen LogP contribution in [0.25, 0.3) is 0 Å². The van der Waals surface area contributed by atoms with E-state index in [2.05, 4.69) is 24.5 Å². The van der Waals surface area contributed by atoms with Crippen molar-refractivity contribution in [2.75, 3.05) is 13.3 Å². The largest absolute Gasteiger partial charge is 0.322 e. The lowest BCUT2D eigenvalue weighted by Crippen LogP contribution is -2.50. The Morgan fingerprint density at radius 2 is 1.13 bits per heavy atom. The van der Waals surface area contributed by atoms with Gasteiger partial charge in [-0.25, -0.2) is 4.79 Å². The summed E-state index contributed by atoms with van der Waals surface area (Å²) in [5.41, 5.74) is -0.386. The van der Waals surface area contributed by atoms with Crippen LogP contribution in [0.5, 0.6) is 0 Å². The fraction of sp³-hybridized carbons (Fsp3) is 0.870. The van der Waals surface area contributed by atoms with E-state index in [1.54, 1.807) is 0 Å². The molecule has 4 aliphatic rings. The highest BCUT2D eigenvalue weighted by atomic mass is 16.2. The third-order valence-corrected chi connectivity index (χ3v) is 8.31. The van der Waals surface area contributed by atoms with Gasteiger partial charge in [0.15, 0.2) is 0 Å². The van der Waals surface area contributed by atoms with Gasteiger partial charge in [-0.3, -0.25) is 9.59 Å². The zero-order valence-corrected chi connectivity index (χ0v) is 18.7. The predicted octanol–water partition coefficient (Wildman–Crippen LogP) is 3.34. The molecule has 0 bridgehead atoms. The summed E-state index contributed by atoms with van der Waals surface area (Å²) in [6, 6.07) is -0.00586. The summed E-state index contributed by atoms with van der Waals surface area (Å²) in [5.74, 6) is 0.412. The molecule has 30 heavy (non-hydrogen) atoms. The molecule has 0 aromatic carbocycles. The minimum absolute atomic E-state index is 0.155. The molecule has 2 aliphatic carbocycles. The van der Waals surface area contributed by atoms with Crippen molar-refractivity contribution in [1.29, 1.82) is 0 Å². The van der Waals surface area contributed by atoms with Crippen LogP contribution < -0.4 is 10.6 Å². The maximum Gasteiger partial charge on any atom is 0.317 e. The van der Waals surface area contributed by atoms with Crippen LogP contribution >= 0.6 is 0 Å². The number of carbonyl (C=O) groups is 3. The minimum atomic E-state index is -0.316. The Labute approximate surface area is 180 Å². The van der Waals surface area contributed by atoms with Crippen molar-refractivity contribution in [3.63, 3.8) is 0 Å². The van der Waals surface area contributed by atoms with E-state index in [-0.39, 0.29) is 54.1 Å². The minimum Gasteiger partial charge on any atom is -0.322 e. The summed E-state index contributed by atoms with van der Waals surface area (Å²) >= 11 is 0. The lowest BCUT2D eigenvalue weighted by atomic mass is 9.72. The highest BCUT2D eigenvalue weighted by Crippen LogP contribution is 2.48. The molecule has 168 valence electrons. The van der Waals surface area contributed by atoms with Crippen molar-refractivity contribution in [2.45, 2.75) is 103 Å². The Kier molecular flexibility index (Phi) is 5.99. The van der Waals surface area contributed by atoms with Gasteiger partial charge in [0, 0.05) is 12.1 Å². The molecule has 7 nitrogen and oxygen atoms in total. The molecule has 2 atom stereocenters. The van der Waals surface area contributed by atoms with Gasteiger partial charge in [0.05, 0.1) is 24.2 Å². The first-order valence-electron chi connectivity index (χ1n) is 12.0. The van der Waals surface area contributed by atoms with Crippen molar-refractivity contribution in [3.05, 3.63) is 0 Å². The van der Waals surface area contributed by atoms with Gasteiger partial charge >= 0.3 is 6.03 Å². The normalized spacial score (nSPS) is 30.3. The van der Waals surface area contributed by atoms with Crippen molar-refractivity contribution in [1.82, 2.24) is 20.4 Å². The Morgan fingerprint density at radius 1 is 0.767 bits per heavy atom. The number of nitrogens with zero attached hydrogens (tertiary/aromatic N) is 2. The zero-order chi connectivity index (χ0) is 21.4. The van der Waals surface area contributed by atoms with Gasteiger partial charge in [-0.05, 0) is 52.4 Å². The summed E-state index contributed by atoms with van der Waals surface area (Å²) in [7, 11) is 0.